The largest absolute Gasteiger partial charge is 0.309 e. The van der Waals surface area contributed by atoms with Gasteiger partial charge in [-0.05, 0) is 103 Å². The molecule has 0 aliphatic carbocycles. The van der Waals surface area contributed by atoms with Crippen molar-refractivity contribution in [2.45, 2.75) is 0 Å². The van der Waals surface area contributed by atoms with Gasteiger partial charge in [0.05, 0.1) is 35.3 Å². The zero-order valence-electron chi connectivity index (χ0n) is 27.3. The van der Waals surface area contributed by atoms with Crippen molar-refractivity contribution in [3.8, 4) is 51.2 Å². The lowest BCUT2D eigenvalue weighted by Crippen LogP contribution is -1.96. The first-order valence-electron chi connectivity index (χ1n) is 16.7. The minimum Gasteiger partial charge on any atom is -0.309 e. The second-order valence-corrected chi connectivity index (χ2v) is 12.6. The van der Waals surface area contributed by atoms with E-state index in [-0.39, 0.29) is 0 Å². The third-order valence-electron chi connectivity index (χ3n) is 9.83. The molecule has 51 heavy (non-hydrogen) atoms. The maximum Gasteiger partial charge on any atom is 0.196 e. The number of hydrogen-bond acceptors (Lipinski definition) is 2. The van der Waals surface area contributed by atoms with Crippen molar-refractivity contribution in [3.63, 3.8) is 0 Å². The van der Waals surface area contributed by atoms with Crippen LogP contribution < -0.4 is 0 Å². The molecule has 0 amide bonds. The molecular formula is C47H26N4. The van der Waals surface area contributed by atoms with Crippen LogP contribution in [0.1, 0.15) is 11.1 Å². The van der Waals surface area contributed by atoms with E-state index in [0.717, 1.165) is 82.4 Å². The zero-order chi connectivity index (χ0) is 34.5. The van der Waals surface area contributed by atoms with E-state index in [2.05, 4.69) is 125 Å². The molecule has 0 fully saturated rings. The van der Waals surface area contributed by atoms with Crippen LogP contribution in [0.2, 0.25) is 0 Å². The van der Waals surface area contributed by atoms with E-state index in [9.17, 15) is 10.5 Å². The normalized spacial score (nSPS) is 11.1. The Balaban J connectivity index is 1.37. The Bertz CT molecular complexity index is 2940. The lowest BCUT2D eigenvalue weighted by atomic mass is 9.82. The third-order valence-corrected chi connectivity index (χ3v) is 9.83. The average Bonchev–Trinajstić information content (AvgIpc) is 3.53. The summed E-state index contributed by atoms with van der Waals surface area (Å²) in [4.78, 5) is 4.07. The smallest absolute Gasteiger partial charge is 0.196 e. The van der Waals surface area contributed by atoms with E-state index in [1.165, 1.54) is 0 Å². The molecule has 9 rings (SSSR count). The number of fused-ring (bicyclic) bond motifs is 5. The van der Waals surface area contributed by atoms with Crippen LogP contribution in [-0.2, 0) is 0 Å². The summed E-state index contributed by atoms with van der Waals surface area (Å²) in [7, 11) is 0. The van der Waals surface area contributed by atoms with E-state index in [1.54, 1.807) is 6.07 Å². The summed E-state index contributed by atoms with van der Waals surface area (Å²) in [6, 6.07) is 57.9. The van der Waals surface area contributed by atoms with Crippen molar-refractivity contribution in [1.82, 2.24) is 4.57 Å². The first-order chi connectivity index (χ1) is 25.2. The van der Waals surface area contributed by atoms with Crippen molar-refractivity contribution < 1.29 is 0 Å². The molecule has 8 aromatic carbocycles. The summed E-state index contributed by atoms with van der Waals surface area (Å²) in [6.07, 6.45) is 0. The Hall–Kier alpha value is -7.45. The van der Waals surface area contributed by atoms with E-state index in [4.69, 9.17) is 6.57 Å². The van der Waals surface area contributed by atoms with Gasteiger partial charge in [-0.15, -0.1) is 0 Å². The van der Waals surface area contributed by atoms with Crippen LogP contribution in [0.4, 0.5) is 5.69 Å². The highest BCUT2D eigenvalue weighted by Gasteiger charge is 2.23. The fraction of sp³-hybridized carbons (Fsp3) is 0. The van der Waals surface area contributed by atoms with E-state index < -0.39 is 0 Å². The molecule has 234 valence electrons. The molecule has 0 bridgehead atoms. The Kier molecular flexibility index (Phi) is 6.93. The number of benzene rings is 8. The molecule has 0 radical (unpaired) electrons. The Morgan fingerprint density at radius 2 is 1.04 bits per heavy atom. The lowest BCUT2D eigenvalue weighted by molar-refractivity contribution is 1.18. The second-order valence-electron chi connectivity index (χ2n) is 12.6. The number of para-hydroxylation sites is 1. The number of rotatable bonds is 4. The highest BCUT2D eigenvalue weighted by atomic mass is 15.0. The fourth-order valence-corrected chi connectivity index (χ4v) is 7.72. The van der Waals surface area contributed by atoms with Crippen LogP contribution >= 0.6 is 0 Å². The summed E-state index contributed by atoms with van der Waals surface area (Å²) < 4.78 is 2.22. The molecule has 0 atom stereocenters. The van der Waals surface area contributed by atoms with Gasteiger partial charge in [-0.1, -0.05) is 109 Å². The van der Waals surface area contributed by atoms with Crippen molar-refractivity contribution in [1.29, 1.82) is 10.5 Å². The number of hydrogen-bond donors (Lipinski definition) is 0. The molecule has 1 aromatic heterocycles. The summed E-state index contributed by atoms with van der Waals surface area (Å²) in [5, 5.41) is 26.2. The van der Waals surface area contributed by atoms with Crippen LogP contribution in [0.5, 0.6) is 0 Å². The SMILES string of the molecule is [C-]#[N+]c1cc(C#N)cc(-c2cccc(-n3c4ccccc4c4cc(C#N)ccc43)c2)c1-c1c2ccccc2c(-c2ccccc2)c2ccccc12. The molecular weight excluding hydrogens is 621 g/mol. The van der Waals surface area contributed by atoms with Gasteiger partial charge in [-0.2, -0.15) is 10.5 Å². The van der Waals surface area contributed by atoms with Gasteiger partial charge in [0.15, 0.2) is 5.69 Å². The molecule has 9 aromatic rings. The summed E-state index contributed by atoms with van der Waals surface area (Å²) in [5.74, 6) is 0. The molecule has 4 nitrogen and oxygen atoms in total. The zero-order valence-corrected chi connectivity index (χ0v) is 27.3. The van der Waals surface area contributed by atoms with Crippen molar-refractivity contribution in [3.05, 3.63) is 180 Å². The van der Waals surface area contributed by atoms with E-state index in [1.807, 2.05) is 48.5 Å². The number of nitriles is 2. The lowest BCUT2D eigenvalue weighted by Gasteiger charge is -2.21. The van der Waals surface area contributed by atoms with Gasteiger partial charge < -0.3 is 4.57 Å². The maximum absolute atomic E-state index is 10.2. The van der Waals surface area contributed by atoms with Gasteiger partial charge in [0.1, 0.15) is 0 Å². The standard InChI is InChI=1S/C47H26N4/c1-50-42-26-31(29-49)25-40(33-14-11-15-34(27-33)51-43-21-10-9-16-35(43)41-24-30(28-48)22-23-44(41)51)47(42)46-38-19-7-5-17-36(38)45(32-12-3-2-4-13-32)37-18-6-8-20-39(37)46/h2-27H. The number of nitrogens with zero attached hydrogens (tertiary/aromatic N) is 4. The molecule has 0 aliphatic rings. The molecule has 0 saturated carbocycles. The van der Waals surface area contributed by atoms with Gasteiger partial charge in [0, 0.05) is 22.0 Å². The molecule has 1 heterocycles. The van der Waals surface area contributed by atoms with Crippen LogP contribution in [0, 0.1) is 29.2 Å². The average molecular weight is 647 g/mol. The minimum absolute atomic E-state index is 0.429. The molecule has 4 heteroatoms. The van der Waals surface area contributed by atoms with Crippen LogP contribution in [0.25, 0.3) is 87.3 Å². The molecule has 0 spiro atoms. The first kappa shape index (κ1) is 29.7. The van der Waals surface area contributed by atoms with Crippen LogP contribution in [0.3, 0.4) is 0 Å². The fourth-order valence-electron chi connectivity index (χ4n) is 7.72. The number of aromatic nitrogens is 1. The van der Waals surface area contributed by atoms with E-state index >= 15 is 0 Å². The topological polar surface area (TPSA) is 56.9 Å². The summed E-state index contributed by atoms with van der Waals surface area (Å²) in [5.41, 5.74) is 10.2. The molecule has 0 N–H and O–H groups in total. The van der Waals surface area contributed by atoms with Crippen molar-refractivity contribution in [2.75, 3.05) is 0 Å². The molecule has 0 unspecified atom stereocenters. The molecule has 0 saturated heterocycles. The van der Waals surface area contributed by atoms with Gasteiger partial charge in [0.25, 0.3) is 0 Å². The third kappa shape index (κ3) is 4.66. The quantitative estimate of drug-likeness (QED) is 0.141. The molecule has 0 aliphatic heterocycles. The van der Waals surface area contributed by atoms with Gasteiger partial charge in [-0.3, -0.25) is 0 Å². The van der Waals surface area contributed by atoms with Gasteiger partial charge >= 0.3 is 0 Å². The van der Waals surface area contributed by atoms with Crippen molar-refractivity contribution in [2.24, 2.45) is 0 Å². The van der Waals surface area contributed by atoms with Gasteiger partial charge in [-0.25, -0.2) is 4.85 Å². The second kappa shape index (κ2) is 11.9. The Morgan fingerprint density at radius 3 is 1.71 bits per heavy atom. The van der Waals surface area contributed by atoms with Gasteiger partial charge in [0.2, 0.25) is 0 Å². The predicted molar refractivity (Wildman–Crippen MR) is 208 cm³/mol. The summed E-state index contributed by atoms with van der Waals surface area (Å²) >= 11 is 0. The van der Waals surface area contributed by atoms with E-state index in [0.29, 0.717) is 16.8 Å². The van der Waals surface area contributed by atoms with Crippen LogP contribution in [-0.4, -0.2) is 4.57 Å². The highest BCUT2D eigenvalue weighted by molar-refractivity contribution is 6.23. The Labute approximate surface area is 294 Å². The van der Waals surface area contributed by atoms with Crippen molar-refractivity contribution >= 4 is 49.0 Å². The minimum atomic E-state index is 0.429. The Morgan fingerprint density at radius 1 is 0.451 bits per heavy atom. The predicted octanol–water partition coefficient (Wildman–Crippen LogP) is 12.4. The maximum atomic E-state index is 10.2. The monoisotopic (exact) mass is 646 g/mol. The van der Waals surface area contributed by atoms with Crippen LogP contribution in [0.15, 0.2) is 158 Å². The first-order valence-corrected chi connectivity index (χ1v) is 16.7. The summed E-state index contributed by atoms with van der Waals surface area (Å²) in [6.45, 7) is 8.42. The highest BCUT2D eigenvalue weighted by Crippen LogP contribution is 2.49.